The number of carbonyl (C=O) groups excluding carboxylic acids is 3. The first-order chi connectivity index (χ1) is 24.0. The SMILES string of the molecule is CCCC(=O)N/N=C(/CO)[C@]1(O)Cc2c(O)c3c(c(O)c2[C@@H](O[C@H]2CC[C@H](O[C@@H]4CCCCO4)[C@H](C)O2)C1)C(=O)c1c(OC)cccc1C3=O. The first-order valence-corrected chi connectivity index (χ1v) is 17.1. The smallest absolute Gasteiger partial charge is 0.240 e. The van der Waals surface area contributed by atoms with E-state index in [-0.39, 0.29) is 59.0 Å². The van der Waals surface area contributed by atoms with Crippen LogP contribution >= 0.6 is 0 Å². The van der Waals surface area contributed by atoms with Crippen LogP contribution in [0.4, 0.5) is 0 Å². The lowest BCUT2D eigenvalue weighted by Crippen LogP contribution is -2.49. The first-order valence-electron chi connectivity index (χ1n) is 17.1. The molecule has 6 rings (SSSR count). The van der Waals surface area contributed by atoms with E-state index in [0.29, 0.717) is 25.9 Å². The second-order valence-electron chi connectivity index (χ2n) is 13.2. The van der Waals surface area contributed by atoms with E-state index in [4.69, 9.17) is 23.7 Å². The number of benzene rings is 2. The molecule has 14 heteroatoms. The molecule has 4 aliphatic rings. The average Bonchev–Trinajstić information content (AvgIpc) is 3.10. The fourth-order valence-corrected chi connectivity index (χ4v) is 7.36. The van der Waals surface area contributed by atoms with Gasteiger partial charge in [0.1, 0.15) is 22.8 Å². The van der Waals surface area contributed by atoms with Crippen molar-refractivity contribution in [2.24, 2.45) is 5.10 Å². The Labute approximate surface area is 289 Å². The second-order valence-corrected chi connectivity index (χ2v) is 13.2. The van der Waals surface area contributed by atoms with Gasteiger partial charge in [0.05, 0.1) is 54.4 Å². The summed E-state index contributed by atoms with van der Waals surface area (Å²) in [6.45, 7) is 3.52. The van der Waals surface area contributed by atoms with Gasteiger partial charge in [-0.2, -0.15) is 5.10 Å². The zero-order valence-corrected chi connectivity index (χ0v) is 28.4. The molecule has 6 atom stereocenters. The van der Waals surface area contributed by atoms with E-state index in [1.54, 1.807) is 0 Å². The highest BCUT2D eigenvalue weighted by Crippen LogP contribution is 2.52. The molecule has 0 radical (unpaired) electrons. The average molecular weight is 697 g/mol. The molecule has 270 valence electrons. The number of hydrogen-bond acceptors (Lipinski definition) is 13. The fourth-order valence-electron chi connectivity index (χ4n) is 7.36. The molecule has 2 aromatic rings. The number of methoxy groups -OCH3 is 1. The summed E-state index contributed by atoms with van der Waals surface area (Å²) in [5.41, 5.74) is -0.914. The molecule has 2 heterocycles. The summed E-state index contributed by atoms with van der Waals surface area (Å²) >= 11 is 0. The molecule has 0 unspecified atom stereocenters. The Balaban J connectivity index is 1.39. The number of nitrogens with zero attached hydrogens (tertiary/aromatic N) is 1. The van der Waals surface area contributed by atoms with E-state index >= 15 is 0 Å². The van der Waals surface area contributed by atoms with Crippen molar-refractivity contribution in [3.63, 3.8) is 0 Å². The number of hydrazone groups is 1. The lowest BCUT2D eigenvalue weighted by atomic mass is 9.71. The maximum atomic E-state index is 14.0. The highest BCUT2D eigenvalue weighted by Gasteiger charge is 2.49. The molecule has 1 amide bonds. The molecule has 0 saturated carbocycles. The molecule has 2 aliphatic carbocycles. The van der Waals surface area contributed by atoms with Gasteiger partial charge in [0, 0.05) is 49.0 Å². The van der Waals surface area contributed by atoms with Crippen molar-refractivity contribution in [2.75, 3.05) is 20.3 Å². The number of ketones is 2. The first kappa shape index (κ1) is 35.9. The third-order valence-corrected chi connectivity index (χ3v) is 9.91. The monoisotopic (exact) mass is 696 g/mol. The van der Waals surface area contributed by atoms with E-state index in [9.17, 15) is 34.8 Å². The highest BCUT2D eigenvalue weighted by atomic mass is 16.7. The number of aromatic hydroxyl groups is 2. The molecular formula is C36H44N2O12. The van der Waals surface area contributed by atoms with Gasteiger partial charge in [0.15, 0.2) is 18.4 Å². The van der Waals surface area contributed by atoms with Crippen LogP contribution in [0.15, 0.2) is 23.3 Å². The summed E-state index contributed by atoms with van der Waals surface area (Å²) in [4.78, 5) is 40.1. The third-order valence-electron chi connectivity index (χ3n) is 9.91. The van der Waals surface area contributed by atoms with Crippen molar-refractivity contribution >= 4 is 23.2 Å². The molecule has 2 fully saturated rings. The van der Waals surface area contributed by atoms with E-state index in [1.807, 2.05) is 13.8 Å². The lowest BCUT2D eigenvalue weighted by Gasteiger charge is -2.42. The number of fused-ring (bicyclic) bond motifs is 3. The molecule has 14 nitrogen and oxygen atoms in total. The number of phenols is 2. The minimum absolute atomic E-state index is 0.0111. The zero-order chi connectivity index (χ0) is 35.7. The molecular weight excluding hydrogens is 652 g/mol. The van der Waals surface area contributed by atoms with Crippen LogP contribution in [0.3, 0.4) is 0 Å². The van der Waals surface area contributed by atoms with E-state index < -0.39 is 77.2 Å². The minimum atomic E-state index is -2.03. The van der Waals surface area contributed by atoms with Gasteiger partial charge in [-0.25, -0.2) is 5.43 Å². The summed E-state index contributed by atoms with van der Waals surface area (Å²) in [6.07, 6.45) is 0.536. The number of ether oxygens (including phenoxy) is 5. The maximum Gasteiger partial charge on any atom is 0.240 e. The second kappa shape index (κ2) is 14.7. The quantitative estimate of drug-likeness (QED) is 0.118. The van der Waals surface area contributed by atoms with Gasteiger partial charge in [0.25, 0.3) is 0 Å². The van der Waals surface area contributed by atoms with Gasteiger partial charge in [-0.1, -0.05) is 19.1 Å². The molecule has 2 aliphatic heterocycles. The largest absolute Gasteiger partial charge is 0.507 e. The number of aliphatic hydroxyl groups excluding tert-OH is 1. The number of phenolic OH excluding ortho intramolecular Hbond substituents is 2. The summed E-state index contributed by atoms with van der Waals surface area (Å²) in [5.74, 6) is -2.98. The van der Waals surface area contributed by atoms with Gasteiger partial charge in [-0.3, -0.25) is 14.4 Å². The van der Waals surface area contributed by atoms with Crippen LogP contribution in [0.2, 0.25) is 0 Å². The number of hydrogen-bond donors (Lipinski definition) is 5. The topological polar surface area (TPSA) is 203 Å². The Morgan fingerprint density at radius 2 is 1.82 bits per heavy atom. The molecule has 0 spiro atoms. The van der Waals surface area contributed by atoms with Crippen LogP contribution in [0.25, 0.3) is 0 Å². The van der Waals surface area contributed by atoms with Crippen molar-refractivity contribution in [3.8, 4) is 17.2 Å². The van der Waals surface area contributed by atoms with Crippen molar-refractivity contribution in [2.45, 2.75) is 108 Å². The number of aliphatic hydroxyl groups is 2. The maximum absolute atomic E-state index is 14.0. The van der Waals surface area contributed by atoms with Crippen molar-refractivity contribution in [1.29, 1.82) is 0 Å². The van der Waals surface area contributed by atoms with Crippen LogP contribution in [-0.2, 0) is 30.2 Å². The van der Waals surface area contributed by atoms with Gasteiger partial charge in [-0.05, 0) is 45.1 Å². The van der Waals surface area contributed by atoms with Gasteiger partial charge >= 0.3 is 0 Å². The van der Waals surface area contributed by atoms with Crippen molar-refractivity contribution < 1.29 is 58.5 Å². The van der Waals surface area contributed by atoms with Crippen LogP contribution in [0.1, 0.15) is 114 Å². The number of carbonyl (C=O) groups is 3. The molecule has 5 N–H and O–H groups in total. The Hall–Kier alpha value is -3.92. The molecule has 0 bridgehead atoms. The summed E-state index contributed by atoms with van der Waals surface area (Å²) in [7, 11) is 1.35. The van der Waals surface area contributed by atoms with Crippen molar-refractivity contribution in [3.05, 3.63) is 51.6 Å². The predicted octanol–water partition coefficient (Wildman–Crippen LogP) is 3.32. The van der Waals surface area contributed by atoms with Gasteiger partial charge < -0.3 is 44.1 Å². The number of nitrogens with one attached hydrogen (secondary N) is 1. The van der Waals surface area contributed by atoms with E-state index in [1.165, 1.54) is 25.3 Å². The van der Waals surface area contributed by atoms with Crippen LogP contribution in [-0.4, -0.2) is 94.3 Å². The molecule has 0 aromatic heterocycles. The summed E-state index contributed by atoms with van der Waals surface area (Å²) < 4.78 is 29.9. The third kappa shape index (κ3) is 6.63. The Morgan fingerprint density at radius 3 is 2.50 bits per heavy atom. The van der Waals surface area contributed by atoms with Crippen LogP contribution in [0.5, 0.6) is 17.2 Å². The van der Waals surface area contributed by atoms with Crippen LogP contribution in [0, 0.1) is 0 Å². The predicted molar refractivity (Wildman–Crippen MR) is 176 cm³/mol. The zero-order valence-electron chi connectivity index (χ0n) is 28.4. The van der Waals surface area contributed by atoms with E-state index in [0.717, 1.165) is 19.3 Å². The normalized spacial score (nSPS) is 28.0. The molecule has 2 aromatic carbocycles. The highest BCUT2D eigenvalue weighted by molar-refractivity contribution is 6.31. The van der Waals surface area contributed by atoms with Gasteiger partial charge in [0.2, 0.25) is 11.7 Å². The van der Waals surface area contributed by atoms with Crippen molar-refractivity contribution in [1.82, 2.24) is 5.43 Å². The van der Waals surface area contributed by atoms with Gasteiger partial charge in [-0.15, -0.1) is 0 Å². The summed E-state index contributed by atoms with van der Waals surface area (Å²) in [5, 5.41) is 50.1. The summed E-state index contributed by atoms with van der Waals surface area (Å²) in [6, 6.07) is 4.48. The van der Waals surface area contributed by atoms with Crippen LogP contribution < -0.4 is 10.2 Å². The standard InChI is InChI=1S/C36H44N2O12/c1-4-8-25(40)38-37-24(17-39)36(45)15-20-29(23(16-36)50-27-13-12-21(18(2)48-27)49-26-11-5-6-14-47-26)35(44)31-30(33(20)42)32(41)19-9-7-10-22(46-3)28(19)34(31)43/h7,9-10,18,21,23,26-27,39,42,44-45H,4-6,8,11-17H2,1-3H3,(H,38,40)/b37-24-/t18-,21-,23-,26+,27-,36-/m0/s1. The number of amides is 1. The fraction of sp³-hybridized carbons (Fsp3) is 0.556. The minimum Gasteiger partial charge on any atom is -0.507 e. The lowest BCUT2D eigenvalue weighted by molar-refractivity contribution is -0.276. The Morgan fingerprint density at radius 1 is 1.04 bits per heavy atom. The number of rotatable bonds is 10. The Kier molecular flexibility index (Phi) is 10.6. The Bertz CT molecular complexity index is 1690. The molecule has 50 heavy (non-hydrogen) atoms. The van der Waals surface area contributed by atoms with E-state index in [2.05, 4.69) is 10.5 Å². The molecule has 2 saturated heterocycles.